The Bertz CT molecular complexity index is 953. The van der Waals surface area contributed by atoms with Crippen molar-refractivity contribution >= 4 is 17.9 Å². The lowest BCUT2D eigenvalue weighted by Crippen LogP contribution is -2.30. The predicted octanol–water partition coefficient (Wildman–Crippen LogP) is 15.4. The fourth-order valence-corrected chi connectivity index (χ4v) is 6.74. The molecule has 6 nitrogen and oxygen atoms in total. The molecule has 0 aromatic rings. The monoisotopic (exact) mass is 787 g/mol. The maximum atomic E-state index is 12.7. The highest BCUT2D eigenvalue weighted by molar-refractivity contribution is 5.71. The van der Waals surface area contributed by atoms with Crippen molar-refractivity contribution in [1.29, 1.82) is 0 Å². The Hall–Kier alpha value is -2.37. The van der Waals surface area contributed by atoms with Gasteiger partial charge in [0.25, 0.3) is 0 Å². The third-order valence-corrected chi connectivity index (χ3v) is 10.4. The van der Waals surface area contributed by atoms with E-state index in [1.807, 2.05) is 0 Å². The number of carbonyl (C=O) groups is 3. The molecule has 1 atom stereocenters. The third kappa shape index (κ3) is 42.8. The highest BCUT2D eigenvalue weighted by Crippen LogP contribution is 2.14. The maximum absolute atomic E-state index is 12.7. The van der Waals surface area contributed by atoms with Crippen molar-refractivity contribution in [3.63, 3.8) is 0 Å². The summed E-state index contributed by atoms with van der Waals surface area (Å²) in [5.74, 6) is -0.897. The molecule has 6 heteroatoms. The quantitative estimate of drug-likeness (QED) is 0.0265. The molecule has 0 heterocycles. The lowest BCUT2D eigenvalue weighted by atomic mass is 10.0. The zero-order valence-corrected chi connectivity index (χ0v) is 37.2. The SMILES string of the molecule is CCCCCCC/C=C\C/C=C\C/C=C\CCCCCCCCC(=O)OCC(COC(=O)CCCCCCC)OC(=O)CCCCCCCCCCCCCC. The molecule has 0 aliphatic rings. The van der Waals surface area contributed by atoms with Crippen LogP contribution in [0.3, 0.4) is 0 Å². The number of carbonyl (C=O) groups excluding carboxylic acids is 3. The average molecular weight is 787 g/mol. The summed E-state index contributed by atoms with van der Waals surface area (Å²) in [4.78, 5) is 37.5. The van der Waals surface area contributed by atoms with Crippen molar-refractivity contribution in [3.05, 3.63) is 36.5 Å². The van der Waals surface area contributed by atoms with Gasteiger partial charge in [0, 0.05) is 19.3 Å². The summed E-state index contributed by atoms with van der Waals surface area (Å²) < 4.78 is 16.6. The van der Waals surface area contributed by atoms with E-state index in [1.165, 1.54) is 122 Å². The lowest BCUT2D eigenvalue weighted by molar-refractivity contribution is -0.167. The van der Waals surface area contributed by atoms with Gasteiger partial charge < -0.3 is 14.2 Å². The maximum Gasteiger partial charge on any atom is 0.306 e. The van der Waals surface area contributed by atoms with Crippen LogP contribution >= 0.6 is 0 Å². The molecular weight excluding hydrogens is 697 g/mol. The molecule has 0 aromatic carbocycles. The van der Waals surface area contributed by atoms with Crippen molar-refractivity contribution in [2.75, 3.05) is 13.2 Å². The Morgan fingerprint density at radius 2 is 0.643 bits per heavy atom. The van der Waals surface area contributed by atoms with E-state index in [9.17, 15) is 14.4 Å². The van der Waals surface area contributed by atoms with Crippen molar-refractivity contribution in [2.45, 2.75) is 252 Å². The number of esters is 3. The fraction of sp³-hybridized carbons (Fsp3) is 0.820. The van der Waals surface area contributed by atoms with Crippen molar-refractivity contribution in [3.8, 4) is 0 Å². The van der Waals surface area contributed by atoms with Crippen LogP contribution in [0.1, 0.15) is 245 Å². The van der Waals surface area contributed by atoms with Gasteiger partial charge in [-0.1, -0.05) is 205 Å². The minimum Gasteiger partial charge on any atom is -0.462 e. The number of hydrogen-bond donors (Lipinski definition) is 0. The topological polar surface area (TPSA) is 78.9 Å². The molecule has 0 aliphatic heterocycles. The van der Waals surface area contributed by atoms with Crippen LogP contribution in [-0.4, -0.2) is 37.2 Å². The standard InChI is InChI=1S/C50H90O6/c1-4-7-10-13-15-17-19-21-22-23-24-25-26-27-28-29-31-32-34-37-40-43-49(52)55-46-47(45-54-48(51)42-39-36-12-9-6-3)56-50(53)44-41-38-35-33-30-20-18-16-14-11-8-5-2/h19,21,23-24,26-27,47H,4-18,20,22,25,28-46H2,1-3H3/b21-19-,24-23-,27-26-. The molecule has 0 bridgehead atoms. The van der Waals surface area contributed by atoms with E-state index in [1.54, 1.807) is 0 Å². The first-order chi connectivity index (χ1) is 27.5. The molecule has 0 N–H and O–H groups in total. The minimum atomic E-state index is -0.769. The summed E-state index contributed by atoms with van der Waals surface area (Å²) in [5.41, 5.74) is 0. The molecule has 0 fully saturated rings. The van der Waals surface area contributed by atoms with E-state index in [0.717, 1.165) is 83.5 Å². The molecule has 1 unspecified atom stereocenters. The molecule has 0 aromatic heterocycles. The molecule has 56 heavy (non-hydrogen) atoms. The number of allylic oxidation sites excluding steroid dienone is 6. The summed E-state index contributed by atoms with van der Waals surface area (Å²) in [6.45, 7) is 6.53. The number of rotatable bonds is 43. The first kappa shape index (κ1) is 53.6. The van der Waals surface area contributed by atoms with Gasteiger partial charge in [-0.15, -0.1) is 0 Å². The number of ether oxygens (including phenoxy) is 3. The van der Waals surface area contributed by atoms with Gasteiger partial charge in [0.05, 0.1) is 0 Å². The molecule has 0 saturated heterocycles. The van der Waals surface area contributed by atoms with Crippen LogP contribution in [0.2, 0.25) is 0 Å². The van der Waals surface area contributed by atoms with E-state index in [4.69, 9.17) is 14.2 Å². The van der Waals surface area contributed by atoms with E-state index in [2.05, 4.69) is 57.2 Å². The molecule has 0 radical (unpaired) electrons. The zero-order valence-electron chi connectivity index (χ0n) is 37.2. The summed E-state index contributed by atoms with van der Waals surface area (Å²) in [7, 11) is 0. The Labute approximate surface area is 346 Å². The molecule has 0 saturated carbocycles. The Morgan fingerprint density at radius 3 is 1.00 bits per heavy atom. The van der Waals surface area contributed by atoms with Crippen LogP contribution in [0.15, 0.2) is 36.5 Å². The largest absolute Gasteiger partial charge is 0.462 e. The predicted molar refractivity (Wildman–Crippen MR) is 238 cm³/mol. The second-order valence-electron chi connectivity index (χ2n) is 16.0. The number of unbranched alkanes of at least 4 members (excludes halogenated alkanes) is 26. The number of hydrogen-bond acceptors (Lipinski definition) is 6. The van der Waals surface area contributed by atoms with Gasteiger partial charge in [0.1, 0.15) is 13.2 Å². The second kappa shape index (κ2) is 45.3. The van der Waals surface area contributed by atoms with Crippen LogP contribution in [0.5, 0.6) is 0 Å². The first-order valence-electron chi connectivity index (χ1n) is 24.0. The van der Waals surface area contributed by atoms with Crippen LogP contribution in [0.4, 0.5) is 0 Å². The van der Waals surface area contributed by atoms with E-state index in [-0.39, 0.29) is 31.1 Å². The van der Waals surface area contributed by atoms with Gasteiger partial charge in [-0.2, -0.15) is 0 Å². The highest BCUT2D eigenvalue weighted by atomic mass is 16.6. The van der Waals surface area contributed by atoms with Crippen molar-refractivity contribution in [2.24, 2.45) is 0 Å². The summed E-state index contributed by atoms with van der Waals surface area (Å²) in [6, 6.07) is 0. The molecule has 326 valence electrons. The first-order valence-corrected chi connectivity index (χ1v) is 24.0. The molecule has 0 amide bonds. The summed E-state index contributed by atoms with van der Waals surface area (Å²) in [6.07, 6.45) is 51.6. The van der Waals surface area contributed by atoms with Crippen molar-refractivity contribution in [1.82, 2.24) is 0 Å². The van der Waals surface area contributed by atoms with Gasteiger partial charge in [-0.25, -0.2) is 0 Å². The highest BCUT2D eigenvalue weighted by Gasteiger charge is 2.19. The van der Waals surface area contributed by atoms with Crippen LogP contribution < -0.4 is 0 Å². The zero-order chi connectivity index (χ0) is 40.8. The average Bonchev–Trinajstić information content (AvgIpc) is 3.19. The van der Waals surface area contributed by atoms with Gasteiger partial charge in [0.2, 0.25) is 0 Å². The summed E-state index contributed by atoms with van der Waals surface area (Å²) in [5, 5.41) is 0. The Kier molecular flexibility index (Phi) is 43.4. The second-order valence-corrected chi connectivity index (χ2v) is 16.0. The van der Waals surface area contributed by atoms with Crippen molar-refractivity contribution < 1.29 is 28.6 Å². The molecule has 0 rings (SSSR count). The van der Waals surface area contributed by atoms with Crippen LogP contribution in [0.25, 0.3) is 0 Å². The van der Waals surface area contributed by atoms with Gasteiger partial charge >= 0.3 is 17.9 Å². The normalized spacial score (nSPS) is 12.3. The van der Waals surface area contributed by atoms with E-state index < -0.39 is 6.10 Å². The van der Waals surface area contributed by atoms with Crippen LogP contribution in [-0.2, 0) is 28.6 Å². The minimum absolute atomic E-state index is 0.0753. The van der Waals surface area contributed by atoms with E-state index >= 15 is 0 Å². The fourth-order valence-electron chi connectivity index (χ4n) is 6.74. The Morgan fingerprint density at radius 1 is 0.357 bits per heavy atom. The third-order valence-electron chi connectivity index (χ3n) is 10.4. The van der Waals surface area contributed by atoms with Gasteiger partial charge in [-0.05, 0) is 57.8 Å². The smallest absolute Gasteiger partial charge is 0.306 e. The Balaban J connectivity index is 4.17. The lowest BCUT2D eigenvalue weighted by Gasteiger charge is -2.18. The van der Waals surface area contributed by atoms with Gasteiger partial charge in [-0.3, -0.25) is 14.4 Å². The van der Waals surface area contributed by atoms with Crippen LogP contribution in [0, 0.1) is 0 Å². The van der Waals surface area contributed by atoms with E-state index in [0.29, 0.717) is 19.3 Å². The molecule has 0 spiro atoms. The molecule has 0 aliphatic carbocycles. The molecular formula is C50H90O6. The van der Waals surface area contributed by atoms with Gasteiger partial charge in [0.15, 0.2) is 6.10 Å². The summed E-state index contributed by atoms with van der Waals surface area (Å²) >= 11 is 0.